The summed E-state index contributed by atoms with van der Waals surface area (Å²) in [7, 11) is 1.80. The smallest absolute Gasteiger partial charge is 0.218 e. The number of rotatable bonds is 0. The monoisotopic (exact) mass is 351 g/mol. The van der Waals surface area contributed by atoms with Crippen molar-refractivity contribution < 1.29 is 9.57 Å². The number of aliphatic imine (C=N–C) groups is 1. The van der Waals surface area contributed by atoms with Crippen molar-refractivity contribution in [3.05, 3.63) is 64.7 Å². The topological polar surface area (TPSA) is 60.1 Å². The molecule has 0 radical (unpaired) electrons. The number of ether oxygens (including phenoxy) is 1. The molecule has 1 unspecified atom stereocenters. The minimum Gasteiger partial charge on any atom is -0.488 e. The van der Waals surface area contributed by atoms with Gasteiger partial charge < -0.3 is 10.5 Å². The van der Waals surface area contributed by atoms with Crippen LogP contribution in [0.3, 0.4) is 0 Å². The summed E-state index contributed by atoms with van der Waals surface area (Å²) in [5, 5.41) is 1.56. The van der Waals surface area contributed by atoms with E-state index in [1.165, 1.54) is 11.1 Å². The van der Waals surface area contributed by atoms with Crippen LogP contribution in [0, 0.1) is 6.92 Å². The number of aryl methyl sites for hydroxylation is 2. The zero-order chi connectivity index (χ0) is 18.1. The lowest BCUT2D eigenvalue weighted by molar-refractivity contribution is -0.177. The minimum atomic E-state index is -0.809. The van der Waals surface area contributed by atoms with E-state index in [1.54, 1.807) is 12.1 Å². The molecule has 0 bridgehead atoms. The van der Waals surface area contributed by atoms with E-state index >= 15 is 0 Å². The van der Waals surface area contributed by atoms with Gasteiger partial charge in [0.2, 0.25) is 11.7 Å². The first-order chi connectivity index (χ1) is 12.6. The van der Waals surface area contributed by atoms with Crippen LogP contribution in [-0.4, -0.2) is 18.1 Å². The molecule has 0 fully saturated rings. The Bertz CT molecular complexity index is 849. The number of hydrogen-bond donors (Lipinski definition) is 1. The predicted octanol–water partition coefficient (Wildman–Crippen LogP) is 3.64. The van der Waals surface area contributed by atoms with Gasteiger partial charge in [-0.15, -0.1) is 0 Å². The second-order valence-electron chi connectivity index (χ2n) is 7.11. The van der Waals surface area contributed by atoms with Crippen molar-refractivity contribution in [1.29, 1.82) is 0 Å². The number of fused-ring (bicyclic) bond motifs is 3. The Hall–Kier alpha value is -2.53. The second kappa shape index (κ2) is 6.65. The van der Waals surface area contributed by atoms with Crippen LogP contribution in [-0.2, 0) is 23.6 Å². The van der Waals surface area contributed by atoms with Crippen LogP contribution in [0.2, 0.25) is 0 Å². The molecule has 2 aliphatic rings. The fraction of sp³-hybridized carbons (Fsp3) is 0.381. The molecule has 1 atom stereocenters. The van der Waals surface area contributed by atoms with E-state index in [-0.39, 0.29) is 0 Å². The Morgan fingerprint density at radius 3 is 2.69 bits per heavy atom. The molecule has 0 saturated carbocycles. The Morgan fingerprint density at radius 2 is 1.92 bits per heavy atom. The summed E-state index contributed by atoms with van der Waals surface area (Å²) >= 11 is 0. The molecule has 0 amide bonds. The third-order valence-corrected chi connectivity index (χ3v) is 5.17. The molecule has 0 saturated heterocycles. The molecule has 26 heavy (non-hydrogen) atoms. The van der Waals surface area contributed by atoms with Gasteiger partial charge in [-0.25, -0.2) is 14.9 Å². The third kappa shape index (κ3) is 3.03. The average molecular weight is 351 g/mol. The fourth-order valence-electron chi connectivity index (χ4n) is 3.75. The van der Waals surface area contributed by atoms with E-state index < -0.39 is 5.72 Å². The maximum atomic E-state index is 6.25. The van der Waals surface area contributed by atoms with Crippen LogP contribution in [0.15, 0.2) is 47.5 Å². The van der Waals surface area contributed by atoms with Crippen molar-refractivity contribution in [2.75, 3.05) is 7.05 Å². The Morgan fingerprint density at radius 1 is 1.12 bits per heavy atom. The van der Waals surface area contributed by atoms with Gasteiger partial charge in [0.25, 0.3) is 0 Å². The Balaban J connectivity index is 1.79. The van der Waals surface area contributed by atoms with E-state index in [4.69, 9.17) is 20.3 Å². The van der Waals surface area contributed by atoms with Gasteiger partial charge in [-0.1, -0.05) is 35.9 Å². The van der Waals surface area contributed by atoms with E-state index in [2.05, 4.69) is 43.3 Å². The van der Waals surface area contributed by atoms with Crippen LogP contribution in [0.5, 0.6) is 5.75 Å². The molecular weight excluding hydrogens is 326 g/mol. The first-order valence-electron chi connectivity index (χ1n) is 9.16. The summed E-state index contributed by atoms with van der Waals surface area (Å²) in [5.74, 6) is 1.20. The van der Waals surface area contributed by atoms with Crippen LogP contribution in [0.25, 0.3) is 0 Å². The van der Waals surface area contributed by atoms with Crippen molar-refractivity contribution in [2.24, 2.45) is 10.7 Å². The van der Waals surface area contributed by atoms with Crippen molar-refractivity contribution in [3.8, 4) is 5.75 Å². The minimum absolute atomic E-state index is 0.399. The van der Waals surface area contributed by atoms with Gasteiger partial charge in [0.05, 0.1) is 5.56 Å². The summed E-state index contributed by atoms with van der Waals surface area (Å²) in [5.41, 5.74) is 9.93. The highest BCUT2D eigenvalue weighted by Crippen LogP contribution is 2.43. The van der Waals surface area contributed by atoms with Crippen LogP contribution in [0.1, 0.15) is 41.5 Å². The normalized spacial score (nSPS) is 22.8. The predicted molar refractivity (Wildman–Crippen MR) is 102 cm³/mol. The van der Waals surface area contributed by atoms with E-state index in [9.17, 15) is 0 Å². The molecule has 2 N–H and O–H groups in total. The van der Waals surface area contributed by atoms with E-state index in [0.717, 1.165) is 42.6 Å². The number of nitrogens with zero attached hydrogens (tertiary/aromatic N) is 2. The first kappa shape index (κ1) is 16.9. The number of guanidine groups is 1. The van der Waals surface area contributed by atoms with Gasteiger partial charge in [-0.2, -0.15) is 0 Å². The summed E-state index contributed by atoms with van der Waals surface area (Å²) in [4.78, 5) is 10.9. The number of hydroxylamine groups is 2. The highest BCUT2D eigenvalue weighted by atomic mass is 16.7. The summed E-state index contributed by atoms with van der Waals surface area (Å²) < 4.78 is 6.25. The second-order valence-corrected chi connectivity index (χ2v) is 7.11. The zero-order valence-electron chi connectivity index (χ0n) is 15.4. The van der Waals surface area contributed by atoms with Gasteiger partial charge in [0, 0.05) is 13.5 Å². The quantitative estimate of drug-likeness (QED) is 0.787. The maximum absolute atomic E-state index is 6.25. The SMILES string of the molecule is Cc1ccc2c(c1)C1(CCCCc3ccccc3CO2)N=C(N)N(C)O1. The molecule has 2 aromatic carbocycles. The summed E-state index contributed by atoms with van der Waals surface area (Å²) in [6, 6.07) is 14.7. The summed E-state index contributed by atoms with van der Waals surface area (Å²) in [6.07, 6.45) is 3.86. The van der Waals surface area contributed by atoms with Crippen LogP contribution < -0.4 is 10.5 Å². The molecule has 4 rings (SSSR count). The molecule has 2 aliphatic heterocycles. The van der Waals surface area contributed by atoms with Crippen molar-refractivity contribution in [2.45, 2.75) is 44.9 Å². The zero-order valence-corrected chi connectivity index (χ0v) is 15.4. The fourth-order valence-corrected chi connectivity index (χ4v) is 3.75. The number of nitrogens with two attached hydrogens (primary N) is 1. The van der Waals surface area contributed by atoms with Gasteiger partial charge in [0.1, 0.15) is 12.4 Å². The lowest BCUT2D eigenvalue weighted by Gasteiger charge is -2.28. The number of hydrogen-bond acceptors (Lipinski definition) is 5. The molecule has 2 heterocycles. The van der Waals surface area contributed by atoms with E-state index in [0.29, 0.717) is 12.6 Å². The van der Waals surface area contributed by atoms with Crippen molar-refractivity contribution >= 4 is 5.96 Å². The maximum Gasteiger partial charge on any atom is 0.218 e. The molecule has 2 aromatic rings. The number of benzene rings is 2. The molecule has 0 aromatic heterocycles. The largest absolute Gasteiger partial charge is 0.488 e. The Labute approximate surface area is 154 Å². The van der Waals surface area contributed by atoms with Gasteiger partial charge in [-0.3, -0.25) is 0 Å². The molecule has 5 nitrogen and oxygen atoms in total. The standard InChI is InChI=1S/C21H25N3O2/c1-15-10-11-19-18(13-15)21(23-20(22)24(2)26-21)12-6-5-8-16-7-3-4-9-17(16)14-25-19/h3-4,7,9-11,13H,5-6,8,12,14H2,1-2H3,(H2,22,23). The van der Waals surface area contributed by atoms with Crippen LogP contribution in [0.4, 0.5) is 0 Å². The van der Waals surface area contributed by atoms with Gasteiger partial charge in [0.15, 0.2) is 0 Å². The Kier molecular flexibility index (Phi) is 4.32. The van der Waals surface area contributed by atoms with Crippen LogP contribution >= 0.6 is 0 Å². The molecular formula is C21H25N3O2. The first-order valence-corrected chi connectivity index (χ1v) is 9.16. The average Bonchev–Trinajstić information content (AvgIpc) is 2.92. The van der Waals surface area contributed by atoms with Crippen molar-refractivity contribution in [1.82, 2.24) is 5.06 Å². The highest BCUT2D eigenvalue weighted by molar-refractivity contribution is 5.78. The van der Waals surface area contributed by atoms with Gasteiger partial charge >= 0.3 is 0 Å². The molecule has 5 heteroatoms. The van der Waals surface area contributed by atoms with Crippen molar-refractivity contribution in [3.63, 3.8) is 0 Å². The molecule has 1 spiro atoms. The lowest BCUT2D eigenvalue weighted by Crippen LogP contribution is -2.32. The highest BCUT2D eigenvalue weighted by Gasteiger charge is 2.43. The third-order valence-electron chi connectivity index (χ3n) is 5.17. The van der Waals surface area contributed by atoms with Gasteiger partial charge in [-0.05, 0) is 49.4 Å². The summed E-state index contributed by atoms with van der Waals surface area (Å²) in [6.45, 7) is 2.61. The molecule has 136 valence electrons. The van der Waals surface area contributed by atoms with E-state index in [1.807, 2.05) is 6.07 Å². The molecule has 0 aliphatic carbocycles. The lowest BCUT2D eigenvalue weighted by atomic mass is 9.94.